The molecule has 0 aliphatic rings. The normalized spacial score (nSPS) is 12.1. The van der Waals surface area contributed by atoms with E-state index in [2.05, 4.69) is 36.7 Å². The van der Waals surface area contributed by atoms with E-state index in [0.29, 0.717) is 12.8 Å². The van der Waals surface area contributed by atoms with E-state index in [1.165, 1.54) is 51.4 Å². The molecule has 0 aromatic rings. The Kier molecular flexibility index (Phi) is 17.0. The Balaban J connectivity index is 0. The molecule has 0 spiro atoms. The Hall–Kier alpha value is -0.580. The van der Waals surface area contributed by atoms with E-state index in [1.54, 1.807) is 0 Å². The first-order chi connectivity index (χ1) is 11.3. The van der Waals surface area contributed by atoms with Gasteiger partial charge in [-0.05, 0) is 18.8 Å². The summed E-state index contributed by atoms with van der Waals surface area (Å²) in [6.07, 6.45) is 12.6. The molecule has 0 bridgehead atoms. The number of hydrogen-bond acceptors (Lipinski definition) is 2. The van der Waals surface area contributed by atoms with E-state index in [0.717, 1.165) is 5.92 Å². The average molecular weight is 407 g/mol. The third kappa shape index (κ3) is 13.8. The van der Waals surface area contributed by atoms with Crippen molar-refractivity contribution in [1.82, 2.24) is 5.32 Å². The number of unbranched alkanes of at least 4 members (excludes halogenated alkanes) is 4. The molecular formula is C19H39BrN2O2. The van der Waals surface area contributed by atoms with Gasteiger partial charge < -0.3 is 5.73 Å². The second-order valence-electron chi connectivity index (χ2n) is 6.59. The molecule has 3 amide bonds. The Morgan fingerprint density at radius 3 is 1.88 bits per heavy atom. The number of alkyl halides is 1. The summed E-state index contributed by atoms with van der Waals surface area (Å²) in [5.41, 5.74) is 4.81. The van der Waals surface area contributed by atoms with Crippen LogP contribution >= 0.6 is 15.9 Å². The van der Waals surface area contributed by atoms with Gasteiger partial charge in [-0.2, -0.15) is 0 Å². The SMILES string of the molecule is CCC(Br)(CC)C(=O)NC(N)=O.CCCCCCC(C)CCCC. The van der Waals surface area contributed by atoms with Crippen LogP contribution in [0.4, 0.5) is 4.79 Å². The topological polar surface area (TPSA) is 72.2 Å². The number of carbonyl (C=O) groups is 2. The second-order valence-corrected chi connectivity index (χ2v) is 8.11. The number of rotatable bonds is 11. The lowest BCUT2D eigenvalue weighted by Gasteiger charge is -2.21. The van der Waals surface area contributed by atoms with Gasteiger partial charge in [0.2, 0.25) is 5.91 Å². The van der Waals surface area contributed by atoms with Gasteiger partial charge in [0.1, 0.15) is 4.32 Å². The molecule has 1 atom stereocenters. The fourth-order valence-corrected chi connectivity index (χ4v) is 2.51. The number of halogens is 1. The predicted molar refractivity (Wildman–Crippen MR) is 107 cm³/mol. The van der Waals surface area contributed by atoms with Crippen LogP contribution in [0.3, 0.4) is 0 Å². The molecular weight excluding hydrogens is 368 g/mol. The zero-order valence-corrected chi connectivity index (χ0v) is 18.0. The van der Waals surface area contributed by atoms with E-state index < -0.39 is 10.4 Å². The number of nitrogens with two attached hydrogens (primary N) is 1. The van der Waals surface area contributed by atoms with Gasteiger partial charge in [-0.3, -0.25) is 10.1 Å². The molecule has 144 valence electrons. The number of nitrogens with one attached hydrogen (secondary N) is 1. The van der Waals surface area contributed by atoms with Crippen LogP contribution in [-0.2, 0) is 4.79 Å². The van der Waals surface area contributed by atoms with Crippen LogP contribution in [0.25, 0.3) is 0 Å². The minimum absolute atomic E-state index is 0.375. The maximum atomic E-state index is 11.3. The Morgan fingerprint density at radius 2 is 1.46 bits per heavy atom. The van der Waals surface area contributed by atoms with E-state index in [9.17, 15) is 9.59 Å². The molecule has 0 aromatic heterocycles. The zero-order valence-electron chi connectivity index (χ0n) is 16.4. The fourth-order valence-electron chi connectivity index (χ4n) is 2.41. The summed E-state index contributed by atoms with van der Waals surface area (Å²) >= 11 is 3.26. The van der Waals surface area contributed by atoms with E-state index >= 15 is 0 Å². The minimum Gasteiger partial charge on any atom is -0.351 e. The largest absolute Gasteiger partial charge is 0.351 e. The highest BCUT2D eigenvalue weighted by atomic mass is 79.9. The predicted octanol–water partition coefficient (Wildman–Crippen LogP) is 5.92. The molecule has 5 heteroatoms. The number of primary amides is 1. The number of carbonyl (C=O) groups excluding carboxylic acids is 2. The summed E-state index contributed by atoms with van der Waals surface area (Å²) in [4.78, 5) is 21.6. The molecule has 0 aliphatic carbocycles. The van der Waals surface area contributed by atoms with Crippen molar-refractivity contribution in [3.05, 3.63) is 0 Å². The van der Waals surface area contributed by atoms with Gasteiger partial charge in [-0.25, -0.2) is 4.79 Å². The number of imide groups is 1. The molecule has 0 aliphatic heterocycles. The molecule has 24 heavy (non-hydrogen) atoms. The fraction of sp³-hybridized carbons (Fsp3) is 0.895. The number of amides is 3. The standard InChI is InChI=1S/C12H26.C7H13BrN2O2/c1-4-6-8-9-11-12(3)10-7-5-2;1-3-7(8,4-2)5(11)10-6(9)12/h12H,4-11H2,1-3H3;3-4H2,1-2H3,(H3,9,10,11,12). The first-order valence-corrected chi connectivity index (χ1v) is 10.4. The van der Waals surface area contributed by atoms with Crippen LogP contribution in [0, 0.1) is 5.92 Å². The lowest BCUT2D eigenvalue weighted by Crippen LogP contribution is -2.46. The Morgan fingerprint density at radius 1 is 0.958 bits per heavy atom. The first kappa shape index (κ1) is 25.7. The summed E-state index contributed by atoms with van der Waals surface area (Å²) < 4.78 is -0.665. The van der Waals surface area contributed by atoms with Crippen LogP contribution in [0.1, 0.15) is 98.8 Å². The monoisotopic (exact) mass is 406 g/mol. The van der Waals surface area contributed by atoms with Crippen molar-refractivity contribution < 1.29 is 9.59 Å². The molecule has 0 rings (SSSR count). The van der Waals surface area contributed by atoms with Crippen LogP contribution in [0.15, 0.2) is 0 Å². The summed E-state index contributed by atoms with van der Waals surface area (Å²) in [5, 5.41) is 2.04. The van der Waals surface area contributed by atoms with Crippen LogP contribution in [0.2, 0.25) is 0 Å². The van der Waals surface area contributed by atoms with Gasteiger partial charge in [0.15, 0.2) is 0 Å². The maximum absolute atomic E-state index is 11.3. The van der Waals surface area contributed by atoms with Gasteiger partial charge in [-0.15, -0.1) is 0 Å². The second kappa shape index (κ2) is 15.9. The minimum atomic E-state index is -0.814. The van der Waals surface area contributed by atoms with Crippen molar-refractivity contribution in [2.24, 2.45) is 11.7 Å². The third-order valence-corrected chi connectivity index (χ3v) is 5.85. The highest BCUT2D eigenvalue weighted by Gasteiger charge is 2.32. The highest BCUT2D eigenvalue weighted by molar-refractivity contribution is 9.10. The van der Waals surface area contributed by atoms with Crippen LogP contribution in [-0.4, -0.2) is 16.3 Å². The zero-order chi connectivity index (χ0) is 19.0. The molecule has 0 aromatic carbocycles. The first-order valence-electron chi connectivity index (χ1n) is 9.57. The van der Waals surface area contributed by atoms with E-state index in [4.69, 9.17) is 5.73 Å². The van der Waals surface area contributed by atoms with Gasteiger partial charge >= 0.3 is 6.03 Å². The molecule has 0 radical (unpaired) electrons. The van der Waals surface area contributed by atoms with Crippen LogP contribution in [0.5, 0.6) is 0 Å². The average Bonchev–Trinajstić information content (AvgIpc) is 2.56. The lowest BCUT2D eigenvalue weighted by molar-refractivity contribution is -0.122. The van der Waals surface area contributed by atoms with Crippen molar-refractivity contribution >= 4 is 27.9 Å². The third-order valence-electron chi connectivity index (χ3n) is 4.37. The number of hydrogen-bond donors (Lipinski definition) is 2. The Labute approximate surface area is 157 Å². The van der Waals surface area contributed by atoms with Gasteiger partial charge in [0.05, 0.1) is 0 Å². The van der Waals surface area contributed by atoms with Gasteiger partial charge in [0, 0.05) is 0 Å². The van der Waals surface area contributed by atoms with E-state index in [-0.39, 0.29) is 5.91 Å². The molecule has 0 fully saturated rings. The maximum Gasteiger partial charge on any atom is 0.318 e. The molecule has 0 heterocycles. The highest BCUT2D eigenvalue weighted by Crippen LogP contribution is 2.26. The van der Waals surface area contributed by atoms with Crippen molar-refractivity contribution in [2.75, 3.05) is 0 Å². The molecule has 3 N–H and O–H groups in total. The summed E-state index contributed by atoms with van der Waals surface area (Å²) in [5.74, 6) is 0.599. The summed E-state index contributed by atoms with van der Waals surface area (Å²) in [6, 6.07) is -0.814. The molecule has 4 nitrogen and oxygen atoms in total. The van der Waals surface area contributed by atoms with Crippen molar-refractivity contribution in [3.8, 4) is 0 Å². The molecule has 1 unspecified atom stereocenters. The van der Waals surface area contributed by atoms with E-state index in [1.807, 2.05) is 19.2 Å². The van der Waals surface area contributed by atoms with Crippen LogP contribution < -0.4 is 11.1 Å². The Bertz CT molecular complexity index is 331. The summed E-state index contributed by atoms with van der Waals surface area (Å²) in [6.45, 7) is 10.7. The number of urea groups is 1. The quantitative estimate of drug-likeness (QED) is 0.330. The summed E-state index contributed by atoms with van der Waals surface area (Å²) in [7, 11) is 0. The van der Waals surface area contributed by atoms with Gasteiger partial charge in [-0.1, -0.05) is 102 Å². The van der Waals surface area contributed by atoms with Gasteiger partial charge in [0.25, 0.3) is 0 Å². The van der Waals surface area contributed by atoms with Crippen molar-refractivity contribution in [1.29, 1.82) is 0 Å². The van der Waals surface area contributed by atoms with Crippen molar-refractivity contribution in [2.45, 2.75) is 103 Å². The smallest absolute Gasteiger partial charge is 0.318 e. The molecule has 0 saturated heterocycles. The lowest BCUT2D eigenvalue weighted by atomic mass is 9.97. The van der Waals surface area contributed by atoms with Crippen molar-refractivity contribution in [3.63, 3.8) is 0 Å². The molecule has 0 saturated carbocycles.